The van der Waals surface area contributed by atoms with Crippen molar-refractivity contribution in [2.24, 2.45) is 0 Å². The molecule has 0 aromatic rings. The average Bonchev–Trinajstić information content (AvgIpc) is 2.96. The van der Waals surface area contributed by atoms with Gasteiger partial charge in [0, 0.05) is 35.4 Å². The first kappa shape index (κ1) is 13.5. The maximum atomic E-state index is 11.3. The molecule has 1 aliphatic carbocycles. The van der Waals surface area contributed by atoms with E-state index < -0.39 is 10.8 Å². The molecule has 0 bridgehead atoms. The Morgan fingerprint density at radius 1 is 1.35 bits per heavy atom. The molecule has 3 nitrogen and oxygen atoms in total. The zero-order valence-electron chi connectivity index (χ0n) is 10.9. The summed E-state index contributed by atoms with van der Waals surface area (Å²) in [5, 5.41) is 3.38. The van der Waals surface area contributed by atoms with Gasteiger partial charge in [0.25, 0.3) is 0 Å². The molecule has 1 N–H and O–H groups in total. The molecule has 2 unspecified atom stereocenters. The van der Waals surface area contributed by atoms with Crippen LogP contribution >= 0.6 is 0 Å². The van der Waals surface area contributed by atoms with Crippen LogP contribution in [-0.4, -0.2) is 40.5 Å². The smallest absolute Gasteiger partial charge is 0.0708 e. The van der Waals surface area contributed by atoms with Gasteiger partial charge in [-0.3, -0.25) is 4.21 Å². The molecular formula is C13H25NO2S. The van der Waals surface area contributed by atoms with Crippen LogP contribution in [0.15, 0.2) is 0 Å². The van der Waals surface area contributed by atoms with Gasteiger partial charge in [-0.1, -0.05) is 19.8 Å². The van der Waals surface area contributed by atoms with E-state index in [0.717, 1.165) is 24.6 Å². The molecule has 2 aliphatic rings. The summed E-state index contributed by atoms with van der Waals surface area (Å²) < 4.78 is 17.5. The monoisotopic (exact) mass is 259 g/mol. The number of ether oxygens (including phenoxy) is 1. The number of nitrogens with one attached hydrogen (secondary N) is 1. The van der Waals surface area contributed by atoms with Gasteiger partial charge in [-0.2, -0.15) is 0 Å². The number of hydrogen-bond acceptors (Lipinski definition) is 3. The van der Waals surface area contributed by atoms with Crippen LogP contribution in [0.2, 0.25) is 0 Å². The zero-order valence-corrected chi connectivity index (χ0v) is 11.7. The fraction of sp³-hybridized carbons (Fsp3) is 1.00. The molecule has 1 heterocycles. The van der Waals surface area contributed by atoms with Crippen molar-refractivity contribution in [1.29, 1.82) is 0 Å². The highest BCUT2D eigenvalue weighted by Crippen LogP contribution is 2.42. The molecule has 4 heteroatoms. The lowest BCUT2D eigenvalue weighted by atomic mass is 9.98. The van der Waals surface area contributed by atoms with Crippen LogP contribution in [0.3, 0.4) is 0 Å². The van der Waals surface area contributed by atoms with E-state index in [-0.39, 0.29) is 5.60 Å². The van der Waals surface area contributed by atoms with E-state index in [1.807, 2.05) is 6.92 Å². The predicted octanol–water partition coefficient (Wildman–Crippen LogP) is 1.84. The lowest BCUT2D eigenvalue weighted by Crippen LogP contribution is -2.32. The third-order valence-corrected chi connectivity index (χ3v) is 5.36. The lowest BCUT2D eigenvalue weighted by molar-refractivity contribution is -0.0349. The van der Waals surface area contributed by atoms with Gasteiger partial charge in [0.15, 0.2) is 0 Å². The van der Waals surface area contributed by atoms with Gasteiger partial charge in [-0.05, 0) is 25.7 Å². The lowest BCUT2D eigenvalue weighted by Gasteiger charge is -2.23. The van der Waals surface area contributed by atoms with E-state index >= 15 is 0 Å². The van der Waals surface area contributed by atoms with Crippen molar-refractivity contribution in [3.05, 3.63) is 0 Å². The van der Waals surface area contributed by atoms with Gasteiger partial charge < -0.3 is 10.1 Å². The molecule has 1 aliphatic heterocycles. The molecule has 2 fully saturated rings. The van der Waals surface area contributed by atoms with Gasteiger partial charge in [0.05, 0.1) is 11.7 Å². The van der Waals surface area contributed by atoms with E-state index in [2.05, 4.69) is 5.32 Å². The fourth-order valence-electron chi connectivity index (χ4n) is 3.02. The largest absolute Gasteiger partial charge is 0.370 e. The molecule has 2 rings (SSSR count). The second-order valence-electron chi connectivity index (χ2n) is 5.31. The molecule has 0 radical (unpaired) electrons. The fourth-order valence-corrected chi connectivity index (χ4v) is 3.68. The Bertz CT molecular complexity index is 264. The van der Waals surface area contributed by atoms with E-state index in [0.29, 0.717) is 6.10 Å². The van der Waals surface area contributed by atoms with Gasteiger partial charge >= 0.3 is 0 Å². The summed E-state index contributed by atoms with van der Waals surface area (Å²) in [4.78, 5) is 0. The summed E-state index contributed by atoms with van der Waals surface area (Å²) >= 11 is 0. The first-order chi connectivity index (χ1) is 8.24. The Kier molecular flexibility index (Phi) is 5.00. The van der Waals surface area contributed by atoms with Crippen LogP contribution in [0.5, 0.6) is 0 Å². The van der Waals surface area contributed by atoms with E-state index in [1.54, 1.807) is 0 Å². The Labute approximate surface area is 107 Å². The van der Waals surface area contributed by atoms with Crippen molar-refractivity contribution in [3.63, 3.8) is 0 Å². The minimum atomic E-state index is -0.642. The van der Waals surface area contributed by atoms with Crippen LogP contribution in [0.25, 0.3) is 0 Å². The quantitative estimate of drug-likeness (QED) is 0.740. The topological polar surface area (TPSA) is 38.3 Å². The normalized spacial score (nSPS) is 28.9. The molecular weight excluding hydrogens is 234 g/mol. The Hall–Kier alpha value is 0.0700. The van der Waals surface area contributed by atoms with Crippen molar-refractivity contribution in [2.45, 2.75) is 57.2 Å². The first-order valence-electron chi connectivity index (χ1n) is 6.98. The highest BCUT2D eigenvalue weighted by atomic mass is 32.2. The third kappa shape index (κ3) is 3.76. The highest BCUT2D eigenvalue weighted by Gasteiger charge is 2.41. The van der Waals surface area contributed by atoms with Crippen LogP contribution in [0.4, 0.5) is 0 Å². The Morgan fingerprint density at radius 3 is 2.82 bits per heavy atom. The number of hydrogen-bond donors (Lipinski definition) is 1. The van der Waals surface area contributed by atoms with E-state index in [9.17, 15) is 4.21 Å². The van der Waals surface area contributed by atoms with Crippen molar-refractivity contribution in [1.82, 2.24) is 5.32 Å². The summed E-state index contributed by atoms with van der Waals surface area (Å²) in [7, 11) is -0.642. The van der Waals surface area contributed by atoms with Gasteiger partial charge in [0.2, 0.25) is 0 Å². The summed E-state index contributed by atoms with van der Waals surface area (Å²) in [6.45, 7) is 3.76. The van der Waals surface area contributed by atoms with E-state index in [1.165, 1.54) is 38.5 Å². The summed E-state index contributed by atoms with van der Waals surface area (Å²) in [6.07, 6.45) is 8.06. The molecule has 2 atom stereocenters. The van der Waals surface area contributed by atoms with Crippen LogP contribution < -0.4 is 5.32 Å². The maximum absolute atomic E-state index is 11.3. The molecule has 0 amide bonds. The SMILES string of the molecule is CCS(=O)CCNCC1CCC2(CCCC2)O1. The van der Waals surface area contributed by atoms with Crippen molar-refractivity contribution in [3.8, 4) is 0 Å². The van der Waals surface area contributed by atoms with Crippen LogP contribution in [0.1, 0.15) is 45.4 Å². The standard InChI is InChI=1S/C13H25NO2S/c1-2-17(15)10-9-14-11-12-5-8-13(16-12)6-3-4-7-13/h12,14H,2-11H2,1H3. The highest BCUT2D eigenvalue weighted by molar-refractivity contribution is 7.84. The van der Waals surface area contributed by atoms with Gasteiger partial charge in [0.1, 0.15) is 0 Å². The minimum absolute atomic E-state index is 0.249. The second kappa shape index (κ2) is 6.30. The van der Waals surface area contributed by atoms with Gasteiger partial charge in [-0.25, -0.2) is 0 Å². The molecule has 0 aromatic carbocycles. The Balaban J connectivity index is 1.60. The van der Waals surface area contributed by atoms with Crippen LogP contribution in [0, 0.1) is 0 Å². The van der Waals surface area contributed by atoms with Crippen molar-refractivity contribution < 1.29 is 8.95 Å². The average molecular weight is 259 g/mol. The third-order valence-electron chi connectivity index (χ3n) is 4.05. The van der Waals surface area contributed by atoms with E-state index in [4.69, 9.17) is 4.74 Å². The molecule has 17 heavy (non-hydrogen) atoms. The summed E-state index contributed by atoms with van der Waals surface area (Å²) in [6, 6.07) is 0. The van der Waals surface area contributed by atoms with Crippen molar-refractivity contribution in [2.75, 3.05) is 24.6 Å². The molecule has 100 valence electrons. The molecule has 0 aromatic heterocycles. The Morgan fingerprint density at radius 2 is 2.12 bits per heavy atom. The summed E-state index contributed by atoms with van der Waals surface area (Å²) in [5.41, 5.74) is 0.249. The molecule has 1 saturated carbocycles. The summed E-state index contributed by atoms with van der Waals surface area (Å²) in [5.74, 6) is 1.54. The van der Waals surface area contributed by atoms with Crippen LogP contribution in [-0.2, 0) is 15.5 Å². The molecule has 1 spiro atoms. The minimum Gasteiger partial charge on any atom is -0.370 e. The number of rotatable bonds is 6. The predicted molar refractivity (Wildman–Crippen MR) is 71.7 cm³/mol. The van der Waals surface area contributed by atoms with Gasteiger partial charge in [-0.15, -0.1) is 0 Å². The first-order valence-corrected chi connectivity index (χ1v) is 8.46. The molecule has 1 saturated heterocycles. The zero-order chi connectivity index (χ0) is 12.1. The van der Waals surface area contributed by atoms with Crippen molar-refractivity contribution >= 4 is 10.8 Å². The second-order valence-corrected chi connectivity index (χ2v) is 7.17. The maximum Gasteiger partial charge on any atom is 0.0708 e.